The van der Waals surface area contributed by atoms with Gasteiger partial charge in [0.1, 0.15) is 0 Å². The third-order valence-corrected chi connectivity index (χ3v) is 5.19. The Kier molecular flexibility index (Phi) is 3.63. The van der Waals surface area contributed by atoms with Crippen molar-refractivity contribution >= 4 is 5.91 Å². The second kappa shape index (κ2) is 6.16. The Morgan fingerprint density at radius 1 is 1.04 bits per heavy atom. The normalized spacial score (nSPS) is 14.9. The van der Waals surface area contributed by atoms with Crippen LogP contribution in [0.3, 0.4) is 0 Å². The summed E-state index contributed by atoms with van der Waals surface area (Å²) in [6.07, 6.45) is 0.879. The summed E-state index contributed by atoms with van der Waals surface area (Å²) >= 11 is 0. The third kappa shape index (κ3) is 2.73. The molecule has 0 bridgehead atoms. The van der Waals surface area contributed by atoms with E-state index in [0.29, 0.717) is 24.5 Å². The van der Waals surface area contributed by atoms with Gasteiger partial charge in [0.2, 0.25) is 6.79 Å². The van der Waals surface area contributed by atoms with E-state index >= 15 is 0 Å². The topological polar surface area (TPSA) is 56.6 Å². The molecule has 5 rings (SSSR count). The monoisotopic (exact) mass is 361 g/mol. The largest absolute Gasteiger partial charge is 0.454 e. The van der Waals surface area contributed by atoms with Crippen LogP contribution in [0.4, 0.5) is 0 Å². The summed E-state index contributed by atoms with van der Waals surface area (Å²) in [5, 5.41) is 4.47. The highest BCUT2D eigenvalue weighted by molar-refractivity contribution is 5.93. The zero-order valence-electron chi connectivity index (χ0n) is 15.0. The number of carbonyl (C=O) groups excluding carboxylic acids is 1. The number of benzene rings is 2. The van der Waals surface area contributed by atoms with Crippen LogP contribution in [0.5, 0.6) is 11.5 Å². The summed E-state index contributed by atoms with van der Waals surface area (Å²) in [5.41, 5.74) is 4.81. The van der Waals surface area contributed by atoms with Gasteiger partial charge in [-0.3, -0.25) is 9.48 Å². The first kappa shape index (κ1) is 15.9. The standard InChI is InChI=1S/C21H19N3O3/c1-23-18(15-6-7-19-20(10-15)27-13-26-19)11-17(22-23)21(25)24-9-8-14-4-2-3-5-16(14)12-24/h2-7,10-11H,8-9,12-13H2,1H3. The average Bonchev–Trinajstić information content (AvgIpc) is 3.32. The Balaban J connectivity index is 1.42. The van der Waals surface area contributed by atoms with Crippen LogP contribution in [0.25, 0.3) is 11.3 Å². The molecule has 0 atom stereocenters. The number of nitrogens with zero attached hydrogens (tertiary/aromatic N) is 3. The number of hydrogen-bond donors (Lipinski definition) is 0. The number of aryl methyl sites for hydroxylation is 1. The molecular formula is C21H19N3O3. The minimum Gasteiger partial charge on any atom is -0.454 e. The van der Waals surface area contributed by atoms with E-state index < -0.39 is 0 Å². The number of ether oxygens (including phenoxy) is 2. The van der Waals surface area contributed by atoms with Crippen molar-refractivity contribution in [2.75, 3.05) is 13.3 Å². The lowest BCUT2D eigenvalue weighted by Gasteiger charge is -2.28. The van der Waals surface area contributed by atoms with Gasteiger partial charge in [0.05, 0.1) is 5.69 Å². The number of aromatic nitrogens is 2. The summed E-state index contributed by atoms with van der Waals surface area (Å²) < 4.78 is 12.6. The second-order valence-corrected chi connectivity index (χ2v) is 6.85. The van der Waals surface area contributed by atoms with Crippen molar-refractivity contribution in [3.8, 4) is 22.8 Å². The van der Waals surface area contributed by atoms with Gasteiger partial charge in [-0.2, -0.15) is 5.10 Å². The number of fused-ring (bicyclic) bond motifs is 2. The Morgan fingerprint density at radius 3 is 2.74 bits per heavy atom. The summed E-state index contributed by atoms with van der Waals surface area (Å²) in [6, 6.07) is 15.9. The van der Waals surface area contributed by atoms with Crippen molar-refractivity contribution in [3.05, 3.63) is 65.4 Å². The molecule has 0 spiro atoms. The van der Waals surface area contributed by atoms with Crippen molar-refractivity contribution in [2.45, 2.75) is 13.0 Å². The lowest BCUT2D eigenvalue weighted by Crippen LogP contribution is -2.36. The molecule has 2 aromatic carbocycles. The lowest BCUT2D eigenvalue weighted by molar-refractivity contribution is 0.0728. The first-order valence-corrected chi connectivity index (χ1v) is 8.99. The second-order valence-electron chi connectivity index (χ2n) is 6.85. The fraction of sp³-hybridized carbons (Fsp3) is 0.238. The van der Waals surface area contributed by atoms with E-state index in [2.05, 4.69) is 17.2 Å². The molecular weight excluding hydrogens is 342 g/mol. The Hall–Kier alpha value is -3.28. The Labute approximate surface area is 156 Å². The van der Waals surface area contributed by atoms with E-state index in [1.54, 1.807) is 4.68 Å². The molecule has 3 heterocycles. The van der Waals surface area contributed by atoms with E-state index in [-0.39, 0.29) is 12.7 Å². The molecule has 6 heteroatoms. The molecule has 0 unspecified atom stereocenters. The van der Waals surface area contributed by atoms with Crippen LogP contribution in [-0.4, -0.2) is 33.9 Å². The molecule has 0 saturated heterocycles. The smallest absolute Gasteiger partial charge is 0.274 e. The first-order valence-electron chi connectivity index (χ1n) is 8.99. The van der Waals surface area contributed by atoms with Crippen LogP contribution in [0.15, 0.2) is 48.5 Å². The van der Waals surface area contributed by atoms with Crippen LogP contribution in [-0.2, 0) is 20.0 Å². The number of hydrogen-bond acceptors (Lipinski definition) is 4. The molecule has 0 radical (unpaired) electrons. The highest BCUT2D eigenvalue weighted by atomic mass is 16.7. The van der Waals surface area contributed by atoms with E-state index in [9.17, 15) is 4.79 Å². The molecule has 2 aliphatic heterocycles. The summed E-state index contributed by atoms with van der Waals surface area (Å²) in [4.78, 5) is 14.9. The van der Waals surface area contributed by atoms with Crippen LogP contribution in [0, 0.1) is 0 Å². The maximum absolute atomic E-state index is 13.0. The van der Waals surface area contributed by atoms with Gasteiger partial charge in [0.25, 0.3) is 5.91 Å². The predicted molar refractivity (Wildman–Crippen MR) is 99.7 cm³/mol. The van der Waals surface area contributed by atoms with Crippen molar-refractivity contribution < 1.29 is 14.3 Å². The zero-order chi connectivity index (χ0) is 18.4. The highest BCUT2D eigenvalue weighted by Crippen LogP contribution is 2.36. The summed E-state index contributed by atoms with van der Waals surface area (Å²) in [5.74, 6) is 1.42. The van der Waals surface area contributed by atoms with Crippen molar-refractivity contribution in [1.82, 2.24) is 14.7 Å². The maximum atomic E-state index is 13.0. The maximum Gasteiger partial charge on any atom is 0.274 e. The Morgan fingerprint density at radius 2 is 1.85 bits per heavy atom. The van der Waals surface area contributed by atoms with Crippen molar-refractivity contribution in [2.24, 2.45) is 7.05 Å². The summed E-state index contributed by atoms with van der Waals surface area (Å²) in [7, 11) is 1.85. The van der Waals surface area contributed by atoms with Crippen LogP contribution >= 0.6 is 0 Å². The van der Waals surface area contributed by atoms with E-state index in [1.165, 1.54) is 11.1 Å². The zero-order valence-corrected chi connectivity index (χ0v) is 15.0. The van der Waals surface area contributed by atoms with Crippen LogP contribution in [0.1, 0.15) is 21.6 Å². The third-order valence-electron chi connectivity index (χ3n) is 5.19. The van der Waals surface area contributed by atoms with E-state index in [1.807, 2.05) is 48.3 Å². The predicted octanol–water partition coefficient (Wildman–Crippen LogP) is 3.01. The minimum absolute atomic E-state index is 0.0351. The highest BCUT2D eigenvalue weighted by Gasteiger charge is 2.24. The molecule has 2 aliphatic rings. The van der Waals surface area contributed by atoms with Crippen molar-refractivity contribution in [1.29, 1.82) is 0 Å². The van der Waals surface area contributed by atoms with Gasteiger partial charge in [-0.1, -0.05) is 24.3 Å². The van der Waals surface area contributed by atoms with Crippen LogP contribution in [0.2, 0.25) is 0 Å². The fourth-order valence-corrected chi connectivity index (χ4v) is 3.73. The minimum atomic E-state index is -0.0351. The quantitative estimate of drug-likeness (QED) is 0.704. The van der Waals surface area contributed by atoms with Gasteiger partial charge in [-0.25, -0.2) is 0 Å². The van der Waals surface area contributed by atoms with Gasteiger partial charge in [0, 0.05) is 25.7 Å². The van der Waals surface area contributed by atoms with Gasteiger partial charge in [-0.15, -0.1) is 0 Å². The molecule has 136 valence electrons. The molecule has 27 heavy (non-hydrogen) atoms. The molecule has 6 nitrogen and oxygen atoms in total. The van der Waals surface area contributed by atoms with E-state index in [0.717, 1.165) is 23.4 Å². The molecule has 1 aromatic heterocycles. The molecule has 0 N–H and O–H groups in total. The van der Waals surface area contributed by atoms with Crippen molar-refractivity contribution in [3.63, 3.8) is 0 Å². The Bertz CT molecular complexity index is 1040. The fourth-order valence-electron chi connectivity index (χ4n) is 3.73. The average molecular weight is 361 g/mol. The molecule has 1 amide bonds. The first-order chi connectivity index (χ1) is 13.2. The lowest BCUT2D eigenvalue weighted by atomic mass is 10.00. The van der Waals surface area contributed by atoms with Gasteiger partial charge >= 0.3 is 0 Å². The molecule has 3 aromatic rings. The number of rotatable bonds is 2. The number of carbonyl (C=O) groups is 1. The van der Waals surface area contributed by atoms with Gasteiger partial charge in [0.15, 0.2) is 17.2 Å². The van der Waals surface area contributed by atoms with Crippen LogP contribution < -0.4 is 9.47 Å². The molecule has 0 fully saturated rings. The molecule has 0 saturated carbocycles. The van der Waals surface area contributed by atoms with Gasteiger partial charge in [-0.05, 0) is 41.8 Å². The summed E-state index contributed by atoms with van der Waals surface area (Å²) in [6.45, 7) is 1.58. The van der Waals surface area contributed by atoms with E-state index in [4.69, 9.17) is 9.47 Å². The number of amides is 1. The molecule has 0 aliphatic carbocycles. The SMILES string of the molecule is Cn1nc(C(=O)N2CCc3ccccc3C2)cc1-c1ccc2c(c1)OCO2. The van der Waals surface area contributed by atoms with Gasteiger partial charge < -0.3 is 14.4 Å².